The zero-order valence-electron chi connectivity index (χ0n) is 11.1. The van der Waals surface area contributed by atoms with E-state index in [1.807, 2.05) is 0 Å². The fraction of sp³-hybridized carbons (Fsp3) is 0. The summed E-state index contributed by atoms with van der Waals surface area (Å²) in [5.41, 5.74) is 2.67. The molecule has 0 fully saturated rings. The van der Waals surface area contributed by atoms with Gasteiger partial charge in [0.05, 0.1) is 16.7 Å². The van der Waals surface area contributed by atoms with Crippen LogP contribution in [0.3, 0.4) is 0 Å². The van der Waals surface area contributed by atoms with E-state index in [2.05, 4.69) is 10.5 Å². The number of hydrogen-bond acceptors (Lipinski definition) is 6. The van der Waals surface area contributed by atoms with Gasteiger partial charge in [-0.2, -0.15) is 5.10 Å². The number of non-ortho nitro benzene ring substituents is 1. The zero-order chi connectivity index (χ0) is 16.1. The maximum absolute atomic E-state index is 11.8. The van der Waals surface area contributed by atoms with E-state index in [4.69, 9.17) is 5.11 Å². The van der Waals surface area contributed by atoms with Crippen LogP contribution >= 0.6 is 0 Å². The van der Waals surface area contributed by atoms with Gasteiger partial charge < -0.3 is 10.2 Å². The standard InChI is InChI=1S/C14H11N3O5/c18-11-5-6-12(13(19)7-11)14(20)16-15-8-9-1-3-10(4-2-9)17(21)22/h1-8,18-19H,(H,16,20)/b15-8+. The third-order valence-electron chi connectivity index (χ3n) is 2.71. The SMILES string of the molecule is O=C(N/N=C/c1ccc([N+](=O)[O-])cc1)c1ccc(O)cc1O. The molecule has 0 aliphatic carbocycles. The number of nitrogens with zero attached hydrogens (tertiary/aromatic N) is 2. The highest BCUT2D eigenvalue weighted by Gasteiger charge is 2.10. The molecule has 112 valence electrons. The molecule has 0 aliphatic heterocycles. The van der Waals surface area contributed by atoms with E-state index in [9.17, 15) is 20.0 Å². The summed E-state index contributed by atoms with van der Waals surface area (Å²) >= 11 is 0. The van der Waals surface area contributed by atoms with Crippen molar-refractivity contribution < 1.29 is 19.9 Å². The Morgan fingerprint density at radius 1 is 1.18 bits per heavy atom. The minimum atomic E-state index is -0.657. The minimum absolute atomic E-state index is 0.0429. The van der Waals surface area contributed by atoms with E-state index >= 15 is 0 Å². The molecule has 22 heavy (non-hydrogen) atoms. The third-order valence-corrected chi connectivity index (χ3v) is 2.71. The number of aromatic hydroxyl groups is 2. The molecular formula is C14H11N3O5. The highest BCUT2D eigenvalue weighted by atomic mass is 16.6. The van der Waals surface area contributed by atoms with E-state index in [1.54, 1.807) is 0 Å². The molecule has 0 aromatic heterocycles. The van der Waals surface area contributed by atoms with Crippen LogP contribution < -0.4 is 5.43 Å². The van der Waals surface area contributed by atoms with Crippen LogP contribution in [0.15, 0.2) is 47.6 Å². The summed E-state index contributed by atoms with van der Waals surface area (Å²) in [7, 11) is 0. The topological polar surface area (TPSA) is 125 Å². The number of carbonyl (C=O) groups excluding carboxylic acids is 1. The Hall–Kier alpha value is -3.42. The van der Waals surface area contributed by atoms with Gasteiger partial charge in [0.15, 0.2) is 0 Å². The van der Waals surface area contributed by atoms with Crippen LogP contribution in [0.5, 0.6) is 11.5 Å². The van der Waals surface area contributed by atoms with Gasteiger partial charge in [-0.05, 0) is 29.8 Å². The van der Waals surface area contributed by atoms with Gasteiger partial charge in [-0.25, -0.2) is 5.43 Å². The van der Waals surface area contributed by atoms with E-state index < -0.39 is 10.8 Å². The van der Waals surface area contributed by atoms with Crippen molar-refractivity contribution >= 4 is 17.8 Å². The molecule has 2 aromatic rings. The van der Waals surface area contributed by atoms with Gasteiger partial charge in [0.1, 0.15) is 11.5 Å². The number of nitrogens with one attached hydrogen (secondary N) is 1. The number of carbonyl (C=O) groups is 1. The highest BCUT2D eigenvalue weighted by molar-refractivity contribution is 5.97. The Kier molecular flexibility index (Phi) is 4.33. The van der Waals surface area contributed by atoms with Gasteiger partial charge in [-0.15, -0.1) is 0 Å². The lowest BCUT2D eigenvalue weighted by Gasteiger charge is -2.03. The molecule has 0 radical (unpaired) electrons. The first kappa shape index (κ1) is 15.0. The highest BCUT2D eigenvalue weighted by Crippen LogP contribution is 2.22. The first-order chi connectivity index (χ1) is 10.5. The number of phenolic OH excluding ortho intramolecular Hbond substituents is 2. The van der Waals surface area contributed by atoms with Crippen LogP contribution in [0, 0.1) is 10.1 Å². The Morgan fingerprint density at radius 3 is 2.45 bits per heavy atom. The summed E-state index contributed by atoms with van der Waals surface area (Å²) in [5, 5.41) is 32.9. The Bertz CT molecular complexity index is 741. The Balaban J connectivity index is 2.02. The molecule has 0 heterocycles. The Morgan fingerprint density at radius 2 is 1.86 bits per heavy atom. The molecule has 2 aromatic carbocycles. The van der Waals surface area contributed by atoms with E-state index in [-0.39, 0.29) is 22.7 Å². The molecule has 2 rings (SSSR count). The van der Waals surface area contributed by atoms with Crippen molar-refractivity contribution in [2.24, 2.45) is 5.10 Å². The minimum Gasteiger partial charge on any atom is -0.508 e. The number of rotatable bonds is 4. The van der Waals surface area contributed by atoms with Gasteiger partial charge in [0.2, 0.25) is 0 Å². The number of hydrogen-bond donors (Lipinski definition) is 3. The summed E-state index contributed by atoms with van der Waals surface area (Å²) in [6, 6.07) is 9.13. The van der Waals surface area contributed by atoms with Crippen LogP contribution in [0.25, 0.3) is 0 Å². The number of benzene rings is 2. The lowest BCUT2D eigenvalue weighted by atomic mass is 10.2. The second kappa shape index (κ2) is 6.35. The molecule has 0 unspecified atom stereocenters. The van der Waals surface area contributed by atoms with Crippen LogP contribution in [0.1, 0.15) is 15.9 Å². The molecule has 0 atom stereocenters. The van der Waals surface area contributed by atoms with Crippen LogP contribution in [-0.4, -0.2) is 27.3 Å². The monoisotopic (exact) mass is 301 g/mol. The molecule has 0 bridgehead atoms. The summed E-state index contributed by atoms with van der Waals surface area (Å²) in [6.45, 7) is 0. The summed E-state index contributed by atoms with van der Waals surface area (Å²) in [5.74, 6) is -1.19. The molecule has 0 saturated heterocycles. The largest absolute Gasteiger partial charge is 0.508 e. The van der Waals surface area contributed by atoms with Gasteiger partial charge in [0.25, 0.3) is 11.6 Å². The maximum atomic E-state index is 11.8. The van der Waals surface area contributed by atoms with Gasteiger partial charge in [-0.3, -0.25) is 14.9 Å². The maximum Gasteiger partial charge on any atom is 0.275 e. The van der Waals surface area contributed by atoms with Crippen LogP contribution in [-0.2, 0) is 0 Å². The first-order valence-electron chi connectivity index (χ1n) is 6.07. The molecule has 0 aliphatic rings. The molecule has 8 nitrogen and oxygen atoms in total. The lowest BCUT2D eigenvalue weighted by Crippen LogP contribution is -2.17. The number of hydrazone groups is 1. The normalized spacial score (nSPS) is 10.5. The van der Waals surface area contributed by atoms with Crippen LogP contribution in [0.4, 0.5) is 5.69 Å². The molecule has 3 N–H and O–H groups in total. The quantitative estimate of drug-likeness (QED) is 0.451. The molecule has 8 heteroatoms. The smallest absolute Gasteiger partial charge is 0.275 e. The predicted octanol–water partition coefficient (Wildman–Crippen LogP) is 1.77. The number of nitro groups is 1. The molecule has 0 saturated carbocycles. The first-order valence-corrected chi connectivity index (χ1v) is 6.07. The zero-order valence-corrected chi connectivity index (χ0v) is 11.1. The fourth-order valence-corrected chi connectivity index (χ4v) is 1.62. The second-order valence-corrected chi connectivity index (χ2v) is 4.25. The van der Waals surface area contributed by atoms with Crippen molar-refractivity contribution in [1.29, 1.82) is 0 Å². The second-order valence-electron chi connectivity index (χ2n) is 4.25. The van der Waals surface area contributed by atoms with E-state index in [1.165, 1.54) is 42.6 Å². The molecule has 1 amide bonds. The van der Waals surface area contributed by atoms with Crippen molar-refractivity contribution in [2.75, 3.05) is 0 Å². The van der Waals surface area contributed by atoms with Crippen molar-refractivity contribution in [1.82, 2.24) is 5.43 Å². The van der Waals surface area contributed by atoms with Crippen molar-refractivity contribution in [3.63, 3.8) is 0 Å². The van der Waals surface area contributed by atoms with Crippen molar-refractivity contribution in [3.05, 3.63) is 63.7 Å². The fourth-order valence-electron chi connectivity index (χ4n) is 1.62. The van der Waals surface area contributed by atoms with E-state index in [0.717, 1.165) is 6.07 Å². The number of nitro benzene ring substituents is 1. The van der Waals surface area contributed by atoms with Gasteiger partial charge in [-0.1, -0.05) is 0 Å². The summed E-state index contributed by atoms with van der Waals surface area (Å²) in [4.78, 5) is 21.7. The van der Waals surface area contributed by atoms with E-state index in [0.29, 0.717) is 5.56 Å². The Labute approximate surface area is 124 Å². The van der Waals surface area contributed by atoms with Crippen LogP contribution in [0.2, 0.25) is 0 Å². The average Bonchev–Trinajstić information content (AvgIpc) is 2.47. The average molecular weight is 301 g/mol. The molecular weight excluding hydrogens is 290 g/mol. The summed E-state index contributed by atoms with van der Waals surface area (Å²) in [6.07, 6.45) is 1.30. The molecule has 0 spiro atoms. The lowest BCUT2D eigenvalue weighted by molar-refractivity contribution is -0.384. The summed E-state index contributed by atoms with van der Waals surface area (Å²) < 4.78 is 0. The number of amides is 1. The van der Waals surface area contributed by atoms with Crippen molar-refractivity contribution in [2.45, 2.75) is 0 Å². The predicted molar refractivity (Wildman–Crippen MR) is 77.9 cm³/mol. The van der Waals surface area contributed by atoms with Crippen molar-refractivity contribution in [3.8, 4) is 11.5 Å². The number of phenols is 2. The van der Waals surface area contributed by atoms with Gasteiger partial charge in [0, 0.05) is 18.2 Å². The van der Waals surface area contributed by atoms with Gasteiger partial charge >= 0.3 is 0 Å². The third kappa shape index (κ3) is 3.57.